The first kappa shape index (κ1) is 16.1. The second-order valence-corrected chi connectivity index (χ2v) is 7.43. The van der Waals surface area contributed by atoms with E-state index in [4.69, 9.17) is 0 Å². The molecule has 0 spiro atoms. The molecule has 6 heteroatoms. The van der Waals surface area contributed by atoms with Gasteiger partial charge in [0.25, 0.3) is 5.91 Å². The Kier molecular flexibility index (Phi) is 5.90. The maximum atomic E-state index is 13.4. The van der Waals surface area contributed by atoms with E-state index < -0.39 is 0 Å². The molecular formula is C15H17BrFN2OS+. The zero-order valence-electron chi connectivity index (χ0n) is 11.7. The first-order chi connectivity index (χ1) is 10.0. The van der Waals surface area contributed by atoms with Gasteiger partial charge < -0.3 is 10.2 Å². The van der Waals surface area contributed by atoms with Crippen LogP contribution in [0.15, 0.2) is 40.2 Å². The number of carbonyl (C=O) groups is 1. The summed E-state index contributed by atoms with van der Waals surface area (Å²) in [7, 11) is 1.97. The average Bonchev–Trinajstić information content (AvgIpc) is 2.83. The van der Waals surface area contributed by atoms with E-state index in [1.165, 1.54) is 10.9 Å². The molecule has 2 N–H and O–H groups in total. The highest BCUT2D eigenvalue weighted by atomic mass is 79.9. The van der Waals surface area contributed by atoms with E-state index in [-0.39, 0.29) is 18.3 Å². The second kappa shape index (κ2) is 7.68. The van der Waals surface area contributed by atoms with Crippen LogP contribution >= 0.6 is 27.3 Å². The summed E-state index contributed by atoms with van der Waals surface area (Å²) in [5.41, 5.74) is 0.505. The molecule has 0 fully saturated rings. The Morgan fingerprint density at radius 2 is 2.10 bits per heavy atom. The van der Waals surface area contributed by atoms with Gasteiger partial charge in [-0.15, -0.1) is 11.3 Å². The van der Waals surface area contributed by atoms with Crippen LogP contribution in [0.2, 0.25) is 0 Å². The predicted octanol–water partition coefficient (Wildman–Crippen LogP) is 1.98. The van der Waals surface area contributed by atoms with Crippen LogP contribution in [-0.2, 0) is 17.9 Å². The molecule has 1 aromatic carbocycles. The number of hydrogen-bond donors (Lipinski definition) is 2. The molecule has 0 bridgehead atoms. The lowest BCUT2D eigenvalue weighted by Gasteiger charge is -2.13. The molecule has 1 unspecified atom stereocenters. The second-order valence-electron chi connectivity index (χ2n) is 4.88. The molecule has 1 atom stereocenters. The van der Waals surface area contributed by atoms with Gasteiger partial charge in [-0.25, -0.2) is 4.39 Å². The third-order valence-corrected chi connectivity index (χ3v) is 4.62. The van der Waals surface area contributed by atoms with Crippen molar-refractivity contribution in [2.75, 3.05) is 13.6 Å². The fourth-order valence-corrected chi connectivity index (χ4v) is 3.58. The van der Waals surface area contributed by atoms with Crippen molar-refractivity contribution < 1.29 is 14.1 Å². The van der Waals surface area contributed by atoms with Crippen LogP contribution in [-0.4, -0.2) is 19.5 Å². The molecular weight excluding hydrogens is 355 g/mol. The van der Waals surface area contributed by atoms with Crippen LogP contribution in [0.4, 0.5) is 4.39 Å². The van der Waals surface area contributed by atoms with Gasteiger partial charge in [0.05, 0.1) is 15.7 Å². The Morgan fingerprint density at radius 1 is 1.33 bits per heavy atom. The Balaban J connectivity index is 1.77. The van der Waals surface area contributed by atoms with Crippen molar-refractivity contribution in [3.63, 3.8) is 0 Å². The fourth-order valence-electron chi connectivity index (χ4n) is 1.98. The molecule has 0 aliphatic heterocycles. The minimum absolute atomic E-state index is 0.0774. The molecule has 0 aliphatic rings. The number of quaternary nitrogens is 1. The summed E-state index contributed by atoms with van der Waals surface area (Å²) >= 11 is 5.09. The van der Waals surface area contributed by atoms with E-state index in [1.807, 2.05) is 13.1 Å². The van der Waals surface area contributed by atoms with Crippen LogP contribution < -0.4 is 10.2 Å². The van der Waals surface area contributed by atoms with Gasteiger partial charge in [-0.05, 0) is 34.1 Å². The first-order valence-electron chi connectivity index (χ1n) is 6.60. The third kappa shape index (κ3) is 5.22. The van der Waals surface area contributed by atoms with Crippen LogP contribution in [0.3, 0.4) is 0 Å². The summed E-state index contributed by atoms with van der Waals surface area (Å²) < 4.78 is 14.5. The Morgan fingerprint density at radius 3 is 2.76 bits per heavy atom. The summed E-state index contributed by atoms with van der Waals surface area (Å²) in [6, 6.07) is 10.5. The van der Waals surface area contributed by atoms with Crippen LogP contribution in [0.5, 0.6) is 0 Å². The van der Waals surface area contributed by atoms with Crippen molar-refractivity contribution in [1.29, 1.82) is 0 Å². The van der Waals surface area contributed by atoms with Gasteiger partial charge in [0.2, 0.25) is 0 Å². The minimum Gasteiger partial charge on any atom is -0.347 e. The zero-order chi connectivity index (χ0) is 15.2. The smallest absolute Gasteiger partial charge is 0.275 e. The molecule has 21 heavy (non-hydrogen) atoms. The topological polar surface area (TPSA) is 33.5 Å². The lowest BCUT2D eigenvalue weighted by molar-refractivity contribution is -0.885. The zero-order valence-corrected chi connectivity index (χ0v) is 14.1. The number of benzene rings is 1. The molecule has 1 aromatic heterocycles. The van der Waals surface area contributed by atoms with E-state index in [2.05, 4.69) is 27.3 Å². The van der Waals surface area contributed by atoms with Crippen LogP contribution in [0.25, 0.3) is 0 Å². The molecule has 2 rings (SSSR count). The van der Waals surface area contributed by atoms with Crippen molar-refractivity contribution in [1.82, 2.24) is 5.32 Å². The van der Waals surface area contributed by atoms with E-state index >= 15 is 0 Å². The number of hydrogen-bond acceptors (Lipinski definition) is 2. The van der Waals surface area contributed by atoms with Gasteiger partial charge in [-0.2, -0.15) is 0 Å². The molecule has 1 amide bonds. The molecule has 1 heterocycles. The van der Waals surface area contributed by atoms with Gasteiger partial charge >= 0.3 is 0 Å². The largest absolute Gasteiger partial charge is 0.347 e. The van der Waals surface area contributed by atoms with E-state index in [0.29, 0.717) is 12.1 Å². The number of amides is 1. The number of thiophene rings is 1. The maximum Gasteiger partial charge on any atom is 0.275 e. The average molecular weight is 372 g/mol. The molecule has 0 radical (unpaired) electrons. The molecule has 3 nitrogen and oxygen atoms in total. The number of rotatable bonds is 6. The van der Waals surface area contributed by atoms with E-state index in [1.54, 1.807) is 29.5 Å². The molecule has 0 aliphatic carbocycles. The monoisotopic (exact) mass is 371 g/mol. The summed E-state index contributed by atoms with van der Waals surface area (Å²) in [6.07, 6.45) is 0. The third-order valence-electron chi connectivity index (χ3n) is 3.00. The van der Waals surface area contributed by atoms with Crippen LogP contribution in [0.1, 0.15) is 10.4 Å². The van der Waals surface area contributed by atoms with Gasteiger partial charge in [-0.1, -0.05) is 18.2 Å². The number of likely N-dealkylation sites (N-methyl/N-ethyl adjacent to an activating group) is 1. The highest BCUT2D eigenvalue weighted by Gasteiger charge is 2.12. The molecule has 2 aromatic rings. The van der Waals surface area contributed by atoms with Crippen LogP contribution in [0, 0.1) is 5.82 Å². The Bertz CT molecular complexity index is 617. The van der Waals surface area contributed by atoms with Crippen molar-refractivity contribution in [2.24, 2.45) is 0 Å². The number of carbonyl (C=O) groups excluding carboxylic acids is 1. The molecule has 0 saturated carbocycles. The highest BCUT2D eigenvalue weighted by molar-refractivity contribution is 9.11. The fraction of sp³-hybridized carbons (Fsp3) is 0.267. The molecule has 112 valence electrons. The first-order valence-corrected chi connectivity index (χ1v) is 8.21. The quantitative estimate of drug-likeness (QED) is 0.799. The highest BCUT2D eigenvalue weighted by Crippen LogP contribution is 2.21. The van der Waals surface area contributed by atoms with Crippen molar-refractivity contribution >= 4 is 33.2 Å². The maximum absolute atomic E-state index is 13.4. The number of halogens is 2. The SMILES string of the molecule is C[NH+](CC(=O)NCc1ccccc1F)Cc1ccc(Br)s1. The molecule has 0 saturated heterocycles. The van der Waals surface area contributed by atoms with Gasteiger partial charge in [0, 0.05) is 12.1 Å². The van der Waals surface area contributed by atoms with Crippen molar-refractivity contribution in [2.45, 2.75) is 13.1 Å². The summed E-state index contributed by atoms with van der Waals surface area (Å²) in [4.78, 5) is 14.2. The predicted molar refractivity (Wildman–Crippen MR) is 85.7 cm³/mol. The lowest BCUT2D eigenvalue weighted by atomic mass is 10.2. The Hall–Kier alpha value is -1.24. The van der Waals surface area contributed by atoms with Crippen molar-refractivity contribution in [3.05, 3.63) is 56.4 Å². The Labute approximate surface area is 135 Å². The summed E-state index contributed by atoms with van der Waals surface area (Å²) in [5, 5.41) is 2.76. The van der Waals surface area contributed by atoms with E-state index in [0.717, 1.165) is 15.2 Å². The normalized spacial score (nSPS) is 12.1. The lowest BCUT2D eigenvalue weighted by Crippen LogP contribution is -3.08. The van der Waals surface area contributed by atoms with Crippen molar-refractivity contribution in [3.8, 4) is 0 Å². The summed E-state index contributed by atoms with van der Waals surface area (Å²) in [6.45, 7) is 1.39. The van der Waals surface area contributed by atoms with Gasteiger partial charge in [0.15, 0.2) is 6.54 Å². The standard InChI is InChI=1S/C15H16BrFN2OS/c1-19(9-12-6-7-14(16)21-12)10-15(20)18-8-11-4-2-3-5-13(11)17/h2-7H,8-10H2,1H3,(H,18,20)/p+1. The summed E-state index contributed by atoms with van der Waals surface area (Å²) in [5.74, 6) is -0.367. The minimum atomic E-state index is -0.290. The van der Waals surface area contributed by atoms with Gasteiger partial charge in [-0.3, -0.25) is 4.79 Å². The van der Waals surface area contributed by atoms with Gasteiger partial charge in [0.1, 0.15) is 12.4 Å². The van der Waals surface area contributed by atoms with E-state index in [9.17, 15) is 9.18 Å². The number of nitrogens with one attached hydrogen (secondary N) is 2.